The van der Waals surface area contributed by atoms with E-state index in [0.29, 0.717) is 18.9 Å². The lowest BCUT2D eigenvalue weighted by Crippen LogP contribution is -2.04. The van der Waals surface area contributed by atoms with Gasteiger partial charge in [0.25, 0.3) is 0 Å². The van der Waals surface area contributed by atoms with Crippen LogP contribution in [0.25, 0.3) is 10.9 Å². The van der Waals surface area contributed by atoms with Crippen molar-refractivity contribution in [1.29, 1.82) is 0 Å². The summed E-state index contributed by atoms with van der Waals surface area (Å²) in [7, 11) is 0. The molecule has 0 bridgehead atoms. The van der Waals surface area contributed by atoms with Crippen molar-refractivity contribution in [2.45, 2.75) is 27.0 Å². The van der Waals surface area contributed by atoms with Crippen molar-refractivity contribution in [3.63, 3.8) is 0 Å². The Morgan fingerprint density at radius 2 is 1.96 bits per heavy atom. The van der Waals surface area contributed by atoms with Crippen molar-refractivity contribution in [2.75, 3.05) is 0 Å². The highest BCUT2D eigenvalue weighted by Crippen LogP contribution is 2.27. The van der Waals surface area contributed by atoms with E-state index in [2.05, 4.69) is 29.3 Å². The van der Waals surface area contributed by atoms with E-state index >= 15 is 0 Å². The highest BCUT2D eigenvalue weighted by atomic mass is 19.1. The maximum absolute atomic E-state index is 13.0. The number of fused-ring (bicyclic) bond motifs is 1. The molecule has 116 valence electrons. The summed E-state index contributed by atoms with van der Waals surface area (Å²) in [4.78, 5) is 4.45. The van der Waals surface area contributed by atoms with E-state index in [-0.39, 0.29) is 5.82 Å². The minimum Gasteiger partial charge on any atom is -0.487 e. The van der Waals surface area contributed by atoms with Gasteiger partial charge in [0, 0.05) is 17.3 Å². The van der Waals surface area contributed by atoms with Crippen LogP contribution in [0.1, 0.15) is 17.0 Å². The Balaban J connectivity index is 1.99. The van der Waals surface area contributed by atoms with E-state index in [1.165, 1.54) is 17.7 Å². The first-order chi connectivity index (χ1) is 11.1. The number of aryl methyl sites for hydroxylation is 1. The van der Waals surface area contributed by atoms with E-state index in [4.69, 9.17) is 11.2 Å². The lowest BCUT2D eigenvalue weighted by molar-refractivity contribution is 0.302. The number of ether oxygens (including phenoxy) is 1. The van der Waals surface area contributed by atoms with Gasteiger partial charge in [-0.3, -0.25) is 4.98 Å². The van der Waals surface area contributed by atoms with Crippen molar-refractivity contribution in [2.24, 2.45) is 0 Å². The monoisotopic (exact) mass is 308 g/mol. The minimum absolute atomic E-state index is 0.285. The molecule has 0 saturated heterocycles. The molecule has 0 aliphatic rings. The lowest BCUT2D eigenvalue weighted by atomic mass is 10.2. The Labute approximate surface area is 134 Å². The summed E-state index contributed by atoms with van der Waals surface area (Å²) in [6, 6.07) is 7.95. The van der Waals surface area contributed by atoms with Gasteiger partial charge in [0.1, 0.15) is 23.9 Å². The average Bonchev–Trinajstić information content (AvgIpc) is 2.80. The summed E-state index contributed by atoms with van der Waals surface area (Å²) in [5, 5.41) is 1.13. The third kappa shape index (κ3) is 2.78. The molecule has 0 saturated carbocycles. The number of benzene rings is 1. The van der Waals surface area contributed by atoms with Gasteiger partial charge in [-0.2, -0.15) is 0 Å². The van der Waals surface area contributed by atoms with Gasteiger partial charge in [-0.1, -0.05) is 5.92 Å². The Morgan fingerprint density at radius 1 is 1.22 bits per heavy atom. The fourth-order valence-electron chi connectivity index (χ4n) is 2.74. The summed E-state index contributed by atoms with van der Waals surface area (Å²) >= 11 is 0. The number of nitrogens with zero attached hydrogens (tertiary/aromatic N) is 2. The molecular weight excluding hydrogens is 291 g/mol. The van der Waals surface area contributed by atoms with Crippen LogP contribution >= 0.6 is 0 Å². The predicted molar refractivity (Wildman–Crippen MR) is 88.8 cm³/mol. The van der Waals surface area contributed by atoms with Gasteiger partial charge in [0.2, 0.25) is 0 Å². The van der Waals surface area contributed by atoms with Gasteiger partial charge in [-0.25, -0.2) is 4.39 Å². The van der Waals surface area contributed by atoms with E-state index in [1.807, 2.05) is 6.07 Å². The van der Waals surface area contributed by atoms with Crippen molar-refractivity contribution >= 4 is 10.9 Å². The maximum atomic E-state index is 13.0. The standard InChI is InChI=1S/C19H17FN2O/c1-4-11-22-14(3)13(2)17-9-10-21-18(19(17)22)12-23-16-7-5-15(20)6-8-16/h1,5-10H,11-12H2,2-3H3. The molecule has 3 rings (SSSR count). The number of hydrogen-bond donors (Lipinski definition) is 0. The van der Waals surface area contributed by atoms with Crippen LogP contribution in [0.2, 0.25) is 0 Å². The van der Waals surface area contributed by atoms with Gasteiger partial charge < -0.3 is 9.30 Å². The van der Waals surface area contributed by atoms with Crippen LogP contribution in [-0.2, 0) is 13.2 Å². The van der Waals surface area contributed by atoms with Crippen molar-refractivity contribution in [1.82, 2.24) is 9.55 Å². The molecule has 0 aliphatic heterocycles. The van der Waals surface area contributed by atoms with Crippen LogP contribution in [0.5, 0.6) is 5.75 Å². The summed E-state index contributed by atoms with van der Waals surface area (Å²) in [6.45, 7) is 4.93. The first-order valence-electron chi connectivity index (χ1n) is 7.37. The second kappa shape index (κ2) is 6.13. The molecule has 0 fully saturated rings. The molecule has 0 spiro atoms. The molecule has 2 aromatic heterocycles. The Hall–Kier alpha value is -2.80. The average molecular weight is 308 g/mol. The molecule has 3 nitrogen and oxygen atoms in total. The van der Waals surface area contributed by atoms with Crippen LogP contribution in [0.3, 0.4) is 0 Å². The molecular formula is C19H17FN2O. The largest absolute Gasteiger partial charge is 0.487 e. The summed E-state index contributed by atoms with van der Waals surface area (Å²) < 4.78 is 20.8. The molecule has 1 aromatic carbocycles. The minimum atomic E-state index is -0.285. The van der Waals surface area contributed by atoms with E-state index in [1.54, 1.807) is 18.3 Å². The normalized spacial score (nSPS) is 10.7. The molecule has 0 aliphatic carbocycles. The zero-order chi connectivity index (χ0) is 16.4. The SMILES string of the molecule is C#CCn1c(C)c(C)c2ccnc(COc3ccc(F)cc3)c21. The number of hydrogen-bond acceptors (Lipinski definition) is 2. The van der Waals surface area contributed by atoms with Gasteiger partial charge in [-0.05, 0) is 49.7 Å². The zero-order valence-corrected chi connectivity index (χ0v) is 13.1. The third-order valence-electron chi connectivity index (χ3n) is 4.06. The highest BCUT2D eigenvalue weighted by Gasteiger charge is 2.15. The predicted octanol–water partition coefficient (Wildman–Crippen LogP) is 4.00. The number of halogens is 1. The molecule has 0 atom stereocenters. The molecule has 4 heteroatoms. The molecule has 0 radical (unpaired) electrons. The number of aromatic nitrogens is 2. The van der Waals surface area contributed by atoms with Crippen LogP contribution in [0, 0.1) is 32.0 Å². The fraction of sp³-hybridized carbons (Fsp3) is 0.211. The first kappa shape index (κ1) is 15.1. The third-order valence-corrected chi connectivity index (χ3v) is 4.06. The topological polar surface area (TPSA) is 27.1 Å². The Bertz CT molecular complexity index is 888. The summed E-state index contributed by atoms with van der Waals surface area (Å²) in [5.41, 5.74) is 4.15. The van der Waals surface area contributed by atoms with Gasteiger partial charge in [-0.15, -0.1) is 6.42 Å². The van der Waals surface area contributed by atoms with E-state index < -0.39 is 0 Å². The van der Waals surface area contributed by atoms with Gasteiger partial charge >= 0.3 is 0 Å². The molecule has 23 heavy (non-hydrogen) atoms. The van der Waals surface area contributed by atoms with Gasteiger partial charge in [0.15, 0.2) is 0 Å². The number of rotatable bonds is 4. The smallest absolute Gasteiger partial charge is 0.132 e. The molecule has 0 amide bonds. The van der Waals surface area contributed by atoms with Crippen LogP contribution in [0.4, 0.5) is 4.39 Å². The first-order valence-corrected chi connectivity index (χ1v) is 7.37. The molecule has 3 aromatic rings. The zero-order valence-electron chi connectivity index (χ0n) is 13.1. The number of pyridine rings is 1. The van der Waals surface area contributed by atoms with Crippen LogP contribution in [-0.4, -0.2) is 9.55 Å². The molecule has 2 heterocycles. The second-order valence-corrected chi connectivity index (χ2v) is 5.40. The van der Waals surface area contributed by atoms with Crippen molar-refractivity contribution < 1.29 is 9.13 Å². The number of terminal acetylenes is 1. The maximum Gasteiger partial charge on any atom is 0.132 e. The summed E-state index contributed by atoms with van der Waals surface area (Å²) in [6.07, 6.45) is 7.28. The summed E-state index contributed by atoms with van der Waals surface area (Å²) in [5.74, 6) is 3.01. The van der Waals surface area contributed by atoms with E-state index in [0.717, 1.165) is 22.3 Å². The van der Waals surface area contributed by atoms with Crippen LogP contribution in [0.15, 0.2) is 36.5 Å². The van der Waals surface area contributed by atoms with Gasteiger partial charge in [0.05, 0.1) is 12.1 Å². The van der Waals surface area contributed by atoms with E-state index in [9.17, 15) is 4.39 Å². The lowest BCUT2D eigenvalue weighted by Gasteiger charge is -2.10. The highest BCUT2D eigenvalue weighted by molar-refractivity contribution is 5.87. The Morgan fingerprint density at radius 3 is 2.65 bits per heavy atom. The molecule has 0 unspecified atom stereocenters. The molecule has 0 N–H and O–H groups in total. The van der Waals surface area contributed by atoms with Crippen LogP contribution < -0.4 is 4.74 Å². The van der Waals surface area contributed by atoms with Crippen molar-refractivity contribution in [3.05, 3.63) is 59.3 Å². The van der Waals surface area contributed by atoms with Crippen molar-refractivity contribution in [3.8, 4) is 18.1 Å². The fourth-order valence-corrected chi connectivity index (χ4v) is 2.74. The second-order valence-electron chi connectivity index (χ2n) is 5.40. The quantitative estimate of drug-likeness (QED) is 0.681. The Kier molecular flexibility index (Phi) is 4.03.